The van der Waals surface area contributed by atoms with Crippen LogP contribution in [0.15, 0.2) is 115 Å². The summed E-state index contributed by atoms with van der Waals surface area (Å²) in [6, 6.07) is 38.0. The van der Waals surface area contributed by atoms with Crippen LogP contribution in [0.2, 0.25) is 0 Å². The number of benzene rings is 5. The highest BCUT2D eigenvalue weighted by Crippen LogP contribution is 2.34. The van der Waals surface area contributed by atoms with E-state index < -0.39 is 0 Å². The van der Waals surface area contributed by atoms with Crippen molar-refractivity contribution >= 4 is 21.7 Å². The summed E-state index contributed by atoms with van der Waals surface area (Å²) < 4.78 is 6.32. The predicted molar refractivity (Wildman–Crippen MR) is 142 cm³/mol. The largest absolute Gasteiger partial charge is 0.457 e. The summed E-state index contributed by atoms with van der Waals surface area (Å²) in [7, 11) is 0. The molecule has 164 valence electrons. The Morgan fingerprint density at radius 2 is 1.41 bits per heavy atom. The number of fused-ring (bicyclic) bond motifs is 2. The number of aromatic nitrogens is 1. The molecule has 0 aliphatic carbocycles. The summed E-state index contributed by atoms with van der Waals surface area (Å²) >= 11 is 0. The Morgan fingerprint density at radius 3 is 2.35 bits per heavy atom. The van der Waals surface area contributed by atoms with Crippen molar-refractivity contribution in [1.29, 1.82) is 0 Å². The van der Waals surface area contributed by atoms with Crippen LogP contribution in [0.5, 0.6) is 11.5 Å². The molecule has 0 aliphatic rings. The number of aromatic amines is 1. The first-order valence-corrected chi connectivity index (χ1v) is 11.7. The molecule has 6 aromatic rings. The number of hydrogen-bond donors (Lipinski definition) is 1. The van der Waals surface area contributed by atoms with Crippen LogP contribution in [0.1, 0.15) is 16.7 Å². The maximum atomic E-state index is 6.32. The summed E-state index contributed by atoms with van der Waals surface area (Å²) in [4.78, 5) is 3.55. The van der Waals surface area contributed by atoms with Crippen molar-refractivity contribution in [3.63, 3.8) is 0 Å². The first-order valence-electron chi connectivity index (χ1n) is 11.7. The lowest BCUT2D eigenvalue weighted by Gasteiger charge is -2.10. The standard InChI is InChI=1S/C32H25NO/c1-22-9-2-4-14-27(22)30-17-8-16-29-25(21-33-32(29)30)19-23-10-6-13-26(20-23)34-31-18-7-12-24-11-3-5-15-28(24)31/h2-18,20-21,33H,19H2,1H3. The van der Waals surface area contributed by atoms with Gasteiger partial charge < -0.3 is 9.72 Å². The van der Waals surface area contributed by atoms with E-state index in [0.717, 1.165) is 23.3 Å². The molecular weight excluding hydrogens is 414 g/mol. The van der Waals surface area contributed by atoms with Crippen molar-refractivity contribution < 1.29 is 4.74 Å². The molecule has 0 saturated heterocycles. The van der Waals surface area contributed by atoms with Gasteiger partial charge in [0.25, 0.3) is 0 Å². The normalized spacial score (nSPS) is 11.2. The minimum atomic E-state index is 0.837. The number of ether oxygens (including phenoxy) is 1. The minimum absolute atomic E-state index is 0.837. The topological polar surface area (TPSA) is 25.0 Å². The molecule has 2 heteroatoms. The van der Waals surface area contributed by atoms with Gasteiger partial charge in [-0.2, -0.15) is 0 Å². The highest BCUT2D eigenvalue weighted by atomic mass is 16.5. The third kappa shape index (κ3) is 3.74. The van der Waals surface area contributed by atoms with Gasteiger partial charge in [0, 0.05) is 22.5 Å². The monoisotopic (exact) mass is 439 g/mol. The lowest BCUT2D eigenvalue weighted by molar-refractivity contribution is 0.488. The Labute approximate surface area is 199 Å². The molecule has 1 heterocycles. The maximum absolute atomic E-state index is 6.32. The number of para-hydroxylation sites is 1. The molecule has 2 nitrogen and oxygen atoms in total. The van der Waals surface area contributed by atoms with Crippen molar-refractivity contribution in [3.8, 4) is 22.6 Å². The number of rotatable bonds is 5. The summed E-state index contributed by atoms with van der Waals surface area (Å²) in [5.74, 6) is 1.74. The van der Waals surface area contributed by atoms with Gasteiger partial charge in [-0.15, -0.1) is 0 Å². The van der Waals surface area contributed by atoms with Gasteiger partial charge in [-0.05, 0) is 59.2 Å². The summed E-state index contributed by atoms with van der Waals surface area (Å²) in [5.41, 5.74) is 7.49. The van der Waals surface area contributed by atoms with E-state index in [1.54, 1.807) is 0 Å². The van der Waals surface area contributed by atoms with Crippen molar-refractivity contribution in [2.75, 3.05) is 0 Å². The molecule has 0 amide bonds. The fourth-order valence-corrected chi connectivity index (χ4v) is 4.81. The average Bonchev–Trinajstić information content (AvgIpc) is 3.28. The SMILES string of the molecule is Cc1ccccc1-c1cccc2c(Cc3cccc(Oc4cccc5ccccc45)c3)c[nH]c12. The molecule has 0 fully saturated rings. The molecule has 0 atom stereocenters. The van der Waals surface area contributed by atoms with Crippen molar-refractivity contribution in [3.05, 3.63) is 132 Å². The lowest BCUT2D eigenvalue weighted by Crippen LogP contribution is -1.90. The van der Waals surface area contributed by atoms with Crippen molar-refractivity contribution in [1.82, 2.24) is 4.98 Å². The number of H-pyrrole nitrogens is 1. The second-order valence-electron chi connectivity index (χ2n) is 8.76. The number of hydrogen-bond acceptors (Lipinski definition) is 1. The van der Waals surface area contributed by atoms with Crippen LogP contribution in [-0.4, -0.2) is 4.98 Å². The highest BCUT2D eigenvalue weighted by molar-refractivity contribution is 5.97. The highest BCUT2D eigenvalue weighted by Gasteiger charge is 2.11. The molecule has 1 aromatic heterocycles. The zero-order valence-corrected chi connectivity index (χ0v) is 19.1. The molecule has 0 aliphatic heterocycles. The quantitative estimate of drug-likeness (QED) is 0.285. The maximum Gasteiger partial charge on any atom is 0.135 e. The zero-order chi connectivity index (χ0) is 22.9. The Hall–Kier alpha value is -4.30. The second-order valence-corrected chi connectivity index (χ2v) is 8.76. The van der Waals surface area contributed by atoms with E-state index >= 15 is 0 Å². The smallest absolute Gasteiger partial charge is 0.135 e. The summed E-state index contributed by atoms with van der Waals surface area (Å²) in [6.45, 7) is 2.17. The van der Waals surface area contributed by atoms with E-state index in [2.05, 4.69) is 103 Å². The molecule has 0 spiro atoms. The Balaban J connectivity index is 1.32. The number of nitrogens with one attached hydrogen (secondary N) is 1. The van der Waals surface area contributed by atoms with Crippen LogP contribution >= 0.6 is 0 Å². The van der Waals surface area contributed by atoms with Gasteiger partial charge in [-0.3, -0.25) is 0 Å². The Bertz CT molecular complexity index is 1620. The molecule has 0 bridgehead atoms. The van der Waals surface area contributed by atoms with Gasteiger partial charge >= 0.3 is 0 Å². The first kappa shape index (κ1) is 20.3. The lowest BCUT2D eigenvalue weighted by atomic mass is 9.97. The van der Waals surface area contributed by atoms with Gasteiger partial charge in [0.1, 0.15) is 11.5 Å². The van der Waals surface area contributed by atoms with Crippen LogP contribution in [-0.2, 0) is 6.42 Å². The summed E-state index contributed by atoms with van der Waals surface area (Å²) in [5, 5.41) is 3.57. The van der Waals surface area contributed by atoms with E-state index in [1.165, 1.54) is 44.1 Å². The zero-order valence-electron chi connectivity index (χ0n) is 19.1. The van der Waals surface area contributed by atoms with E-state index in [-0.39, 0.29) is 0 Å². The van der Waals surface area contributed by atoms with E-state index in [9.17, 15) is 0 Å². The third-order valence-electron chi connectivity index (χ3n) is 6.51. The van der Waals surface area contributed by atoms with Crippen molar-refractivity contribution in [2.24, 2.45) is 0 Å². The second kappa shape index (κ2) is 8.57. The van der Waals surface area contributed by atoms with Crippen LogP contribution in [0.4, 0.5) is 0 Å². The minimum Gasteiger partial charge on any atom is -0.457 e. The van der Waals surface area contributed by atoms with Gasteiger partial charge in [-0.25, -0.2) is 0 Å². The molecule has 1 N–H and O–H groups in total. The summed E-state index contributed by atoms with van der Waals surface area (Å²) in [6.07, 6.45) is 2.98. The molecular formula is C32H25NO. The van der Waals surface area contributed by atoms with Crippen LogP contribution in [0.3, 0.4) is 0 Å². The third-order valence-corrected chi connectivity index (χ3v) is 6.51. The van der Waals surface area contributed by atoms with Crippen LogP contribution < -0.4 is 4.74 Å². The predicted octanol–water partition coefficient (Wildman–Crippen LogP) is 8.68. The molecule has 0 radical (unpaired) electrons. The Kier molecular flexibility index (Phi) is 5.12. The van der Waals surface area contributed by atoms with Crippen molar-refractivity contribution in [2.45, 2.75) is 13.3 Å². The fourth-order valence-electron chi connectivity index (χ4n) is 4.81. The van der Waals surface area contributed by atoms with Crippen LogP contribution in [0, 0.1) is 6.92 Å². The van der Waals surface area contributed by atoms with Gasteiger partial charge in [0.15, 0.2) is 0 Å². The molecule has 34 heavy (non-hydrogen) atoms. The van der Waals surface area contributed by atoms with Gasteiger partial charge in [0.05, 0.1) is 5.52 Å². The molecule has 6 rings (SSSR count). The number of aryl methyl sites for hydroxylation is 1. The molecule has 0 saturated carbocycles. The Morgan fingerprint density at radius 1 is 0.676 bits per heavy atom. The van der Waals surface area contributed by atoms with E-state index in [4.69, 9.17) is 4.74 Å². The first-order chi connectivity index (χ1) is 16.8. The van der Waals surface area contributed by atoms with E-state index in [1.807, 2.05) is 24.3 Å². The van der Waals surface area contributed by atoms with Gasteiger partial charge in [0.2, 0.25) is 0 Å². The average molecular weight is 440 g/mol. The molecule has 5 aromatic carbocycles. The van der Waals surface area contributed by atoms with Crippen LogP contribution in [0.25, 0.3) is 32.8 Å². The fraction of sp³-hybridized carbons (Fsp3) is 0.0625. The van der Waals surface area contributed by atoms with Gasteiger partial charge in [-0.1, -0.05) is 91.0 Å². The molecule has 0 unspecified atom stereocenters. The van der Waals surface area contributed by atoms with E-state index in [0.29, 0.717) is 0 Å².